The van der Waals surface area contributed by atoms with Crippen molar-refractivity contribution >= 4 is 43.6 Å². The van der Waals surface area contributed by atoms with Gasteiger partial charge in [0.2, 0.25) is 0 Å². The molecule has 0 aliphatic rings. The molecule has 0 radical (unpaired) electrons. The third-order valence-electron chi connectivity index (χ3n) is 13.3. The highest BCUT2D eigenvalue weighted by Crippen LogP contribution is 2.47. The first-order chi connectivity index (χ1) is 33.8. The summed E-state index contributed by atoms with van der Waals surface area (Å²) in [5.41, 5.74) is 17.6. The van der Waals surface area contributed by atoms with Crippen LogP contribution in [-0.2, 0) is 0 Å². The lowest BCUT2D eigenvalue weighted by atomic mass is 9.83. The molecule has 4 nitrogen and oxygen atoms in total. The number of rotatable bonds is 8. The van der Waals surface area contributed by atoms with Crippen molar-refractivity contribution in [2.24, 2.45) is 0 Å². The number of hydrogen-bond donors (Lipinski definition) is 0. The normalized spacial score (nSPS) is 11.5. The molecule has 4 heteroatoms. The van der Waals surface area contributed by atoms with Gasteiger partial charge in [-0.05, 0) is 103 Å². The molecule has 0 bridgehead atoms. The van der Waals surface area contributed by atoms with E-state index in [0.717, 1.165) is 78.5 Å². The fourth-order valence-corrected chi connectivity index (χ4v) is 10.3. The summed E-state index contributed by atoms with van der Waals surface area (Å²) in [5, 5.41) is 4.77. The molecule has 318 valence electrons. The lowest BCUT2D eigenvalue weighted by molar-refractivity contribution is 1.10. The molecule has 0 fully saturated rings. The third kappa shape index (κ3) is 6.53. The van der Waals surface area contributed by atoms with E-state index in [0.29, 0.717) is 0 Å². The molecular formula is C64H42N4. The quantitative estimate of drug-likeness (QED) is 0.143. The van der Waals surface area contributed by atoms with Crippen LogP contribution in [0.1, 0.15) is 0 Å². The average Bonchev–Trinajstić information content (AvgIpc) is 4.00. The van der Waals surface area contributed by atoms with Gasteiger partial charge in [-0.1, -0.05) is 206 Å². The van der Waals surface area contributed by atoms with Crippen LogP contribution in [0.4, 0.5) is 0 Å². The fourth-order valence-electron chi connectivity index (χ4n) is 10.3. The van der Waals surface area contributed by atoms with Crippen LogP contribution >= 0.6 is 0 Å². The maximum absolute atomic E-state index is 5.22. The lowest BCUT2D eigenvalue weighted by Gasteiger charge is -2.21. The molecule has 13 aromatic rings. The Morgan fingerprint density at radius 2 is 0.588 bits per heavy atom. The zero-order valence-corrected chi connectivity index (χ0v) is 37.0. The molecule has 2 heterocycles. The molecule has 0 amide bonds. The van der Waals surface area contributed by atoms with E-state index in [1.165, 1.54) is 43.8 Å². The second kappa shape index (κ2) is 16.4. The maximum Gasteiger partial charge on any atom is 0.145 e. The second-order valence-electron chi connectivity index (χ2n) is 17.3. The van der Waals surface area contributed by atoms with Crippen LogP contribution in [0, 0.1) is 0 Å². The molecule has 68 heavy (non-hydrogen) atoms. The summed E-state index contributed by atoms with van der Waals surface area (Å²) < 4.78 is 4.65. The van der Waals surface area contributed by atoms with E-state index in [-0.39, 0.29) is 0 Å². The molecule has 0 N–H and O–H groups in total. The zero-order chi connectivity index (χ0) is 45.0. The van der Waals surface area contributed by atoms with Crippen molar-refractivity contribution in [1.29, 1.82) is 0 Å². The number of aromatic nitrogens is 4. The Morgan fingerprint density at radius 1 is 0.250 bits per heavy atom. The molecule has 0 unspecified atom stereocenters. The van der Waals surface area contributed by atoms with E-state index in [2.05, 4.69) is 264 Å². The van der Waals surface area contributed by atoms with Gasteiger partial charge in [0, 0.05) is 22.3 Å². The highest BCUT2D eigenvalue weighted by atomic mass is 15.1. The van der Waals surface area contributed by atoms with Gasteiger partial charge >= 0.3 is 0 Å². The summed E-state index contributed by atoms with van der Waals surface area (Å²) in [4.78, 5) is 10.4. The van der Waals surface area contributed by atoms with Gasteiger partial charge in [-0.15, -0.1) is 0 Å². The summed E-state index contributed by atoms with van der Waals surface area (Å²) in [6.45, 7) is 0. The first kappa shape index (κ1) is 39.3. The van der Waals surface area contributed by atoms with Crippen molar-refractivity contribution < 1.29 is 0 Å². The van der Waals surface area contributed by atoms with Gasteiger partial charge < -0.3 is 0 Å². The Kier molecular flexibility index (Phi) is 9.47. The van der Waals surface area contributed by atoms with Gasteiger partial charge in [0.1, 0.15) is 11.6 Å². The average molecular weight is 867 g/mol. The number of fused-ring (bicyclic) bond motifs is 4. The molecule has 0 atom stereocenters. The minimum atomic E-state index is 0.914. The molecule has 0 spiro atoms. The highest BCUT2D eigenvalue weighted by molar-refractivity contribution is 6.22. The Morgan fingerprint density at radius 3 is 1.00 bits per heavy atom. The third-order valence-corrected chi connectivity index (χ3v) is 13.3. The number of para-hydroxylation sites is 6. The second-order valence-corrected chi connectivity index (χ2v) is 17.3. The first-order valence-electron chi connectivity index (χ1n) is 23.2. The summed E-state index contributed by atoms with van der Waals surface area (Å²) in [6, 6.07) is 91.4. The van der Waals surface area contributed by atoms with E-state index in [9.17, 15) is 0 Å². The predicted molar refractivity (Wildman–Crippen MR) is 283 cm³/mol. The topological polar surface area (TPSA) is 35.6 Å². The van der Waals surface area contributed by atoms with Gasteiger partial charge in [0.15, 0.2) is 0 Å². The van der Waals surface area contributed by atoms with Crippen LogP contribution in [0.15, 0.2) is 255 Å². The van der Waals surface area contributed by atoms with Gasteiger partial charge in [-0.3, -0.25) is 9.13 Å². The minimum absolute atomic E-state index is 0.914. The van der Waals surface area contributed by atoms with Gasteiger partial charge in [-0.25, -0.2) is 9.97 Å². The molecule has 11 aromatic carbocycles. The van der Waals surface area contributed by atoms with E-state index < -0.39 is 0 Å². The maximum atomic E-state index is 5.22. The summed E-state index contributed by atoms with van der Waals surface area (Å²) in [6.07, 6.45) is 0. The van der Waals surface area contributed by atoms with Crippen LogP contribution in [0.25, 0.3) is 122 Å². The molecule has 0 saturated carbocycles. The molecule has 0 aliphatic carbocycles. The number of benzene rings is 11. The van der Waals surface area contributed by atoms with Crippen LogP contribution in [0.3, 0.4) is 0 Å². The summed E-state index contributed by atoms with van der Waals surface area (Å²) in [5.74, 6) is 1.83. The zero-order valence-electron chi connectivity index (χ0n) is 37.0. The standard InChI is InChI=1S/C64H42N4/c1-5-21-43(22-6-1)61-51-39-37-48(50-30-14-18-34-58(50)68-60-36-20-16-32-56(60)66-64(68)46-27-11-4-12-28-46)42-54(51)62(44-23-7-2-8-24-44)52-40-38-47(41-53(52)61)49-29-13-17-33-57(49)67-59-35-19-15-31-55(59)65-63(67)45-25-9-3-10-26-45/h1-42H. The SMILES string of the molecule is c1ccc(-c2c3ccc(-c4ccccc4-n4c(-c5ccccc5)nc5ccccc54)cc3c(-c3ccccc3)c3ccc(-c4ccccc4-n4c(-c5ccccc5)nc5ccccc54)cc23)cc1. The van der Waals surface area contributed by atoms with Crippen LogP contribution in [0.5, 0.6) is 0 Å². The lowest BCUT2D eigenvalue weighted by Crippen LogP contribution is -2.00. The number of hydrogen-bond acceptors (Lipinski definition) is 2. The predicted octanol–water partition coefficient (Wildman–Crippen LogP) is 16.7. The van der Waals surface area contributed by atoms with E-state index in [4.69, 9.17) is 9.97 Å². The summed E-state index contributed by atoms with van der Waals surface area (Å²) in [7, 11) is 0. The van der Waals surface area contributed by atoms with Crippen molar-refractivity contribution in [3.05, 3.63) is 255 Å². The van der Waals surface area contributed by atoms with E-state index in [1.54, 1.807) is 0 Å². The molecular weight excluding hydrogens is 825 g/mol. The molecule has 0 aliphatic heterocycles. The monoisotopic (exact) mass is 866 g/mol. The van der Waals surface area contributed by atoms with Crippen molar-refractivity contribution in [2.45, 2.75) is 0 Å². The minimum Gasteiger partial charge on any atom is -0.292 e. The van der Waals surface area contributed by atoms with Crippen molar-refractivity contribution in [3.63, 3.8) is 0 Å². The van der Waals surface area contributed by atoms with Gasteiger partial charge in [0.25, 0.3) is 0 Å². The first-order valence-corrected chi connectivity index (χ1v) is 23.2. The van der Waals surface area contributed by atoms with Crippen molar-refractivity contribution in [3.8, 4) is 78.7 Å². The Bertz CT molecular complexity index is 3740. The van der Waals surface area contributed by atoms with E-state index >= 15 is 0 Å². The van der Waals surface area contributed by atoms with Gasteiger partial charge in [-0.2, -0.15) is 0 Å². The van der Waals surface area contributed by atoms with Crippen LogP contribution in [0.2, 0.25) is 0 Å². The Labute approximate surface area is 394 Å². The van der Waals surface area contributed by atoms with Crippen molar-refractivity contribution in [1.82, 2.24) is 19.1 Å². The Balaban J connectivity index is 1.07. The van der Waals surface area contributed by atoms with Crippen LogP contribution in [-0.4, -0.2) is 19.1 Å². The summed E-state index contributed by atoms with van der Waals surface area (Å²) >= 11 is 0. The largest absolute Gasteiger partial charge is 0.292 e. The number of nitrogens with zero attached hydrogens (tertiary/aromatic N) is 4. The van der Waals surface area contributed by atoms with Crippen LogP contribution < -0.4 is 0 Å². The Hall–Kier alpha value is -9.12. The van der Waals surface area contributed by atoms with E-state index in [1.807, 2.05) is 0 Å². The smallest absolute Gasteiger partial charge is 0.145 e. The van der Waals surface area contributed by atoms with Gasteiger partial charge in [0.05, 0.1) is 33.4 Å². The fraction of sp³-hybridized carbons (Fsp3) is 0. The highest BCUT2D eigenvalue weighted by Gasteiger charge is 2.23. The molecule has 13 rings (SSSR count). The number of imidazole rings is 2. The molecule has 2 aromatic heterocycles. The van der Waals surface area contributed by atoms with Crippen molar-refractivity contribution in [2.75, 3.05) is 0 Å². The molecule has 0 saturated heterocycles.